The summed E-state index contributed by atoms with van der Waals surface area (Å²) in [7, 11) is -3.86. The zero-order valence-electron chi connectivity index (χ0n) is 17.0. The summed E-state index contributed by atoms with van der Waals surface area (Å²) < 4.78 is 37.4. The fourth-order valence-corrected chi connectivity index (χ4v) is 4.15. The largest absolute Gasteiger partial charge is 0.396 e. The van der Waals surface area contributed by atoms with Gasteiger partial charge in [-0.05, 0) is 37.2 Å². The Labute approximate surface area is 179 Å². The van der Waals surface area contributed by atoms with Crippen molar-refractivity contribution in [2.75, 3.05) is 19.4 Å². The normalized spacial score (nSPS) is 23.7. The molecule has 1 aromatic heterocycles. The summed E-state index contributed by atoms with van der Waals surface area (Å²) in [5, 5.41) is 17.8. The van der Waals surface area contributed by atoms with Crippen LogP contribution in [0.3, 0.4) is 0 Å². The summed E-state index contributed by atoms with van der Waals surface area (Å²) in [6.45, 7) is 1.11. The molecule has 1 saturated carbocycles. The number of amides is 2. The van der Waals surface area contributed by atoms with E-state index in [0.717, 1.165) is 6.26 Å². The highest BCUT2D eigenvalue weighted by Gasteiger charge is 2.54. The monoisotopic (exact) mass is 451 g/mol. The second-order valence-electron chi connectivity index (χ2n) is 7.93. The molecular formula is C20H22FN3O6S. The van der Waals surface area contributed by atoms with E-state index in [0.29, 0.717) is 11.3 Å². The number of carbonyl (C=O) groups is 2. The molecule has 0 aromatic carbocycles. The lowest BCUT2D eigenvalue weighted by Gasteiger charge is -2.27. The van der Waals surface area contributed by atoms with Crippen molar-refractivity contribution in [2.45, 2.75) is 36.7 Å². The number of carbonyl (C=O) groups excluding carboxylic acids is 2. The predicted molar refractivity (Wildman–Crippen MR) is 107 cm³/mol. The van der Waals surface area contributed by atoms with Crippen LogP contribution in [-0.2, 0) is 21.2 Å². The number of nitrogens with one attached hydrogen (secondary N) is 1. The number of hydrogen-bond donors (Lipinski definition) is 3. The number of sulfone groups is 1. The molecule has 3 N–H and O–H groups in total. The zero-order chi connectivity index (χ0) is 23.0. The summed E-state index contributed by atoms with van der Waals surface area (Å²) in [6, 6.07) is 1.27. The molecule has 2 heterocycles. The number of fused-ring (bicyclic) bond motifs is 1. The maximum atomic E-state index is 13.9. The number of rotatable bonds is 6. The van der Waals surface area contributed by atoms with Gasteiger partial charge in [-0.2, -0.15) is 0 Å². The Hall–Kier alpha value is -2.86. The van der Waals surface area contributed by atoms with Crippen LogP contribution in [0.25, 0.3) is 0 Å². The fraction of sp³-hybridized carbons (Fsp3) is 0.500. The van der Waals surface area contributed by atoms with Crippen molar-refractivity contribution in [2.24, 2.45) is 5.92 Å². The van der Waals surface area contributed by atoms with E-state index < -0.39 is 38.1 Å². The first-order chi connectivity index (χ1) is 14.4. The number of halogens is 1. The molecule has 1 aromatic rings. The van der Waals surface area contributed by atoms with E-state index >= 15 is 0 Å². The minimum Gasteiger partial charge on any atom is -0.396 e. The number of aliphatic hydroxyl groups is 1. The summed E-state index contributed by atoms with van der Waals surface area (Å²) in [5.74, 6) is 8.57. The smallest absolute Gasteiger partial charge is 0.328 e. The zero-order valence-corrected chi connectivity index (χ0v) is 17.8. The maximum Gasteiger partial charge on any atom is 0.328 e. The van der Waals surface area contributed by atoms with E-state index in [1.807, 2.05) is 0 Å². The highest BCUT2D eigenvalue weighted by Crippen LogP contribution is 2.46. The lowest BCUT2D eigenvalue weighted by atomic mass is 10.1. The second-order valence-corrected chi connectivity index (χ2v) is 10.4. The molecule has 3 rings (SSSR count). The molecule has 9 nitrogen and oxygen atoms in total. The first-order valence-corrected chi connectivity index (χ1v) is 11.3. The number of aliphatic hydroxyl groups excluding tert-OH is 1. The number of nitrogens with zero attached hydrogens (tertiary/aromatic N) is 2. The number of alkyl halides is 1. The quantitative estimate of drug-likeness (QED) is 0.318. The Bertz CT molecular complexity index is 1150. The van der Waals surface area contributed by atoms with Crippen LogP contribution in [0.1, 0.15) is 31.0 Å². The highest BCUT2D eigenvalue weighted by molar-refractivity contribution is 7.92. The van der Waals surface area contributed by atoms with Crippen LogP contribution in [0.15, 0.2) is 12.3 Å². The SMILES string of the molecule is CC(CCN1Cc2cc(C#CC#C[C@@]3(F)C[C@@H]3CO)cn2C1=O)(C(=O)NO)S(C)(=O)=O. The van der Waals surface area contributed by atoms with Gasteiger partial charge >= 0.3 is 6.03 Å². The molecule has 1 aliphatic heterocycles. The number of aromatic nitrogens is 1. The molecule has 1 unspecified atom stereocenters. The first kappa shape index (κ1) is 22.8. The third-order valence-electron chi connectivity index (χ3n) is 5.78. The van der Waals surface area contributed by atoms with E-state index in [1.165, 1.54) is 28.1 Å². The Morgan fingerprint density at radius 2 is 2.16 bits per heavy atom. The molecule has 2 aliphatic rings. The average Bonchev–Trinajstić information content (AvgIpc) is 3.05. The van der Waals surface area contributed by atoms with Crippen LogP contribution in [0.2, 0.25) is 0 Å². The van der Waals surface area contributed by atoms with Crippen LogP contribution in [0.4, 0.5) is 9.18 Å². The Kier molecular flexibility index (Phi) is 5.89. The van der Waals surface area contributed by atoms with E-state index in [1.54, 1.807) is 6.07 Å². The molecule has 0 bridgehead atoms. The van der Waals surface area contributed by atoms with Gasteiger partial charge in [-0.15, -0.1) is 0 Å². The van der Waals surface area contributed by atoms with E-state index in [4.69, 9.17) is 10.3 Å². The molecule has 166 valence electrons. The van der Waals surface area contributed by atoms with E-state index in [2.05, 4.69) is 23.7 Å². The van der Waals surface area contributed by atoms with Gasteiger partial charge in [-0.3, -0.25) is 14.6 Å². The van der Waals surface area contributed by atoms with Gasteiger partial charge in [0, 0.05) is 42.6 Å². The highest BCUT2D eigenvalue weighted by atomic mass is 32.2. The third kappa shape index (κ3) is 4.30. The van der Waals surface area contributed by atoms with Crippen LogP contribution in [0, 0.1) is 29.6 Å². The summed E-state index contributed by atoms with van der Waals surface area (Å²) in [4.78, 5) is 25.9. The van der Waals surface area contributed by atoms with Crippen molar-refractivity contribution in [1.82, 2.24) is 14.9 Å². The van der Waals surface area contributed by atoms with Crippen molar-refractivity contribution in [3.8, 4) is 23.7 Å². The lowest BCUT2D eigenvalue weighted by Crippen LogP contribution is -2.50. The van der Waals surface area contributed by atoms with Gasteiger partial charge in [0.1, 0.15) is 0 Å². The van der Waals surface area contributed by atoms with Gasteiger partial charge in [-0.1, -0.05) is 5.92 Å². The molecule has 1 aliphatic carbocycles. The lowest BCUT2D eigenvalue weighted by molar-refractivity contribution is -0.131. The summed E-state index contributed by atoms with van der Waals surface area (Å²) >= 11 is 0. The van der Waals surface area contributed by atoms with Gasteiger partial charge in [0.15, 0.2) is 20.3 Å². The van der Waals surface area contributed by atoms with Gasteiger partial charge < -0.3 is 10.0 Å². The molecule has 2 amide bonds. The molecule has 1 fully saturated rings. The van der Waals surface area contributed by atoms with Crippen molar-refractivity contribution >= 4 is 21.8 Å². The van der Waals surface area contributed by atoms with Crippen molar-refractivity contribution in [3.63, 3.8) is 0 Å². The van der Waals surface area contributed by atoms with Gasteiger partial charge in [0.25, 0.3) is 5.91 Å². The summed E-state index contributed by atoms with van der Waals surface area (Å²) in [5.41, 5.74) is 0.840. The Morgan fingerprint density at radius 1 is 1.45 bits per heavy atom. The molecule has 0 spiro atoms. The van der Waals surface area contributed by atoms with E-state index in [-0.39, 0.29) is 32.5 Å². The average molecular weight is 451 g/mol. The van der Waals surface area contributed by atoms with E-state index in [9.17, 15) is 22.4 Å². The molecular weight excluding hydrogens is 429 g/mol. The molecule has 3 atom stereocenters. The van der Waals surface area contributed by atoms with Crippen molar-refractivity contribution in [1.29, 1.82) is 0 Å². The predicted octanol–water partition coefficient (Wildman–Crippen LogP) is 0.0460. The van der Waals surface area contributed by atoms with Crippen molar-refractivity contribution < 1.29 is 32.7 Å². The fourth-order valence-electron chi connectivity index (χ4n) is 3.30. The maximum absolute atomic E-state index is 13.9. The second kappa shape index (κ2) is 8.00. The Balaban J connectivity index is 1.65. The van der Waals surface area contributed by atoms with Gasteiger partial charge in [0.05, 0.1) is 13.2 Å². The summed E-state index contributed by atoms with van der Waals surface area (Å²) in [6.07, 6.45) is 2.39. The van der Waals surface area contributed by atoms with Crippen molar-refractivity contribution in [3.05, 3.63) is 23.5 Å². The Morgan fingerprint density at radius 3 is 2.71 bits per heavy atom. The standard InChI is InChI=1S/C20H22FN3O6S/c1-19(17(26)22-28,31(2,29)30)7-8-23-12-16-9-14(11-24(16)18(23)27)5-3-4-6-20(21)10-15(20)13-25/h9,11,15,25,28H,7-8,10,12-13H2,1-2H3,(H,22,26)/t15-,19?,20-/m1/s1. The van der Waals surface area contributed by atoms with Crippen LogP contribution >= 0.6 is 0 Å². The minimum absolute atomic E-state index is 0.0192. The number of hydroxylamine groups is 1. The van der Waals surface area contributed by atoms with Gasteiger partial charge in [0.2, 0.25) is 0 Å². The number of hydrogen-bond acceptors (Lipinski definition) is 6. The molecule has 0 radical (unpaired) electrons. The molecule has 0 saturated heterocycles. The van der Waals surface area contributed by atoms with Crippen LogP contribution in [-0.4, -0.2) is 70.0 Å². The van der Waals surface area contributed by atoms with Gasteiger partial charge in [-0.25, -0.2) is 23.1 Å². The van der Waals surface area contributed by atoms with Crippen LogP contribution in [0.5, 0.6) is 0 Å². The molecule has 31 heavy (non-hydrogen) atoms. The minimum atomic E-state index is -3.86. The first-order valence-electron chi connectivity index (χ1n) is 9.43. The van der Waals surface area contributed by atoms with Crippen LogP contribution < -0.4 is 5.48 Å². The topological polar surface area (TPSA) is 129 Å². The molecule has 11 heteroatoms. The third-order valence-corrected chi connectivity index (χ3v) is 7.80.